The molecular weight excluding hydrogens is 334 g/mol. The van der Waals surface area contributed by atoms with E-state index in [4.69, 9.17) is 5.73 Å². The predicted molar refractivity (Wildman–Crippen MR) is 85.3 cm³/mol. The fraction of sp³-hybridized carbons (Fsp3) is 0.0667. The van der Waals surface area contributed by atoms with Crippen molar-refractivity contribution in [3.8, 4) is 0 Å². The highest BCUT2D eigenvalue weighted by atomic mass is 79.9. The molecule has 0 aromatic heterocycles. The van der Waals surface area contributed by atoms with Gasteiger partial charge >= 0.3 is 0 Å². The van der Waals surface area contributed by atoms with Crippen LogP contribution in [0.4, 0.5) is 17.1 Å². The van der Waals surface area contributed by atoms with E-state index >= 15 is 0 Å². The van der Waals surface area contributed by atoms with Crippen LogP contribution in [-0.2, 0) is 4.79 Å². The monoisotopic (exact) mass is 345 g/mol. The second-order valence-corrected chi connectivity index (χ2v) is 5.60. The molecule has 106 valence electrons. The molecule has 0 spiro atoms. The molecule has 0 radical (unpaired) electrons. The Bertz CT molecular complexity index is 745. The van der Waals surface area contributed by atoms with Crippen molar-refractivity contribution in [1.29, 1.82) is 0 Å². The lowest BCUT2D eigenvalue weighted by atomic mass is 10.1. The number of hydrogen-bond donors (Lipinski definition) is 2. The Kier molecular flexibility index (Phi) is 3.39. The minimum atomic E-state index is -0.295. The van der Waals surface area contributed by atoms with Crippen molar-refractivity contribution in [3.05, 3.63) is 52.5 Å². The van der Waals surface area contributed by atoms with Crippen LogP contribution in [0, 0.1) is 0 Å². The molecule has 0 unspecified atom stereocenters. The van der Waals surface area contributed by atoms with Gasteiger partial charge in [-0.3, -0.25) is 14.5 Å². The predicted octanol–water partition coefficient (Wildman–Crippen LogP) is 2.63. The Hall–Kier alpha value is -2.34. The maximum Gasteiger partial charge on any atom is 0.260 e. The normalized spacial score (nSPS) is 13.6. The highest BCUT2D eigenvalue weighted by molar-refractivity contribution is 9.10. The van der Waals surface area contributed by atoms with E-state index in [0.29, 0.717) is 22.6 Å². The molecule has 0 saturated heterocycles. The summed E-state index contributed by atoms with van der Waals surface area (Å²) in [4.78, 5) is 25.9. The molecule has 0 saturated carbocycles. The molecule has 5 nitrogen and oxygen atoms in total. The number of carbonyl (C=O) groups excluding carboxylic acids is 2. The van der Waals surface area contributed by atoms with Crippen LogP contribution in [0.2, 0.25) is 0 Å². The minimum Gasteiger partial charge on any atom is -0.398 e. The second-order valence-electron chi connectivity index (χ2n) is 4.69. The number of benzene rings is 2. The van der Waals surface area contributed by atoms with E-state index in [9.17, 15) is 9.59 Å². The van der Waals surface area contributed by atoms with Crippen LogP contribution in [0.15, 0.2) is 46.9 Å². The first kappa shape index (κ1) is 13.6. The average Bonchev–Trinajstić information content (AvgIpc) is 2.48. The third-order valence-corrected chi connectivity index (χ3v) is 3.75. The Morgan fingerprint density at radius 3 is 2.81 bits per heavy atom. The number of halogens is 1. The number of carbonyl (C=O) groups is 2. The van der Waals surface area contributed by atoms with E-state index in [2.05, 4.69) is 21.2 Å². The van der Waals surface area contributed by atoms with Crippen LogP contribution in [-0.4, -0.2) is 18.4 Å². The molecule has 3 N–H and O–H groups in total. The van der Waals surface area contributed by atoms with Crippen molar-refractivity contribution < 1.29 is 9.59 Å². The van der Waals surface area contributed by atoms with Gasteiger partial charge in [-0.15, -0.1) is 0 Å². The van der Waals surface area contributed by atoms with Crippen molar-refractivity contribution >= 4 is 44.8 Å². The molecule has 2 amide bonds. The number of anilines is 3. The van der Waals surface area contributed by atoms with Crippen molar-refractivity contribution in [2.45, 2.75) is 0 Å². The van der Waals surface area contributed by atoms with Crippen molar-refractivity contribution in [1.82, 2.24) is 0 Å². The lowest BCUT2D eigenvalue weighted by Gasteiger charge is -2.29. The zero-order valence-corrected chi connectivity index (χ0v) is 12.6. The van der Waals surface area contributed by atoms with Gasteiger partial charge in [0.25, 0.3) is 5.91 Å². The molecule has 1 aliphatic rings. The van der Waals surface area contributed by atoms with Gasteiger partial charge in [0, 0.05) is 10.2 Å². The molecule has 1 aliphatic heterocycles. The van der Waals surface area contributed by atoms with Gasteiger partial charge in [0.1, 0.15) is 6.54 Å². The van der Waals surface area contributed by atoms with Crippen molar-refractivity contribution in [2.24, 2.45) is 0 Å². The summed E-state index contributed by atoms with van der Waals surface area (Å²) in [6.45, 7) is -0.0260. The number of amides is 2. The number of nitrogen functional groups attached to an aromatic ring is 1. The lowest BCUT2D eigenvalue weighted by Crippen LogP contribution is -2.42. The van der Waals surface area contributed by atoms with E-state index in [1.165, 1.54) is 4.90 Å². The van der Waals surface area contributed by atoms with Gasteiger partial charge in [-0.1, -0.05) is 28.1 Å². The largest absolute Gasteiger partial charge is 0.398 e. The van der Waals surface area contributed by atoms with Gasteiger partial charge in [0.2, 0.25) is 5.91 Å². The average molecular weight is 346 g/mol. The number of hydrogen-bond acceptors (Lipinski definition) is 3. The number of nitrogens with zero attached hydrogens (tertiary/aromatic N) is 1. The summed E-state index contributed by atoms with van der Waals surface area (Å²) in [6.07, 6.45) is 0. The SMILES string of the molecule is Nc1ccc(Br)cc1C(=O)N1CC(=O)Nc2ccccc21. The highest BCUT2D eigenvalue weighted by Gasteiger charge is 2.28. The lowest BCUT2D eigenvalue weighted by molar-refractivity contribution is -0.115. The summed E-state index contributed by atoms with van der Waals surface area (Å²) in [5, 5.41) is 2.75. The topological polar surface area (TPSA) is 75.4 Å². The fourth-order valence-electron chi connectivity index (χ4n) is 2.27. The van der Waals surface area contributed by atoms with Crippen molar-refractivity contribution in [3.63, 3.8) is 0 Å². The third kappa shape index (κ3) is 2.50. The zero-order chi connectivity index (χ0) is 15.0. The molecule has 0 atom stereocenters. The van der Waals surface area contributed by atoms with Gasteiger partial charge in [-0.05, 0) is 30.3 Å². The van der Waals surface area contributed by atoms with Gasteiger partial charge < -0.3 is 11.1 Å². The molecule has 1 heterocycles. The van der Waals surface area contributed by atoms with Crippen molar-refractivity contribution in [2.75, 3.05) is 22.5 Å². The highest BCUT2D eigenvalue weighted by Crippen LogP contribution is 2.31. The third-order valence-electron chi connectivity index (χ3n) is 3.26. The van der Waals surface area contributed by atoms with Crippen LogP contribution >= 0.6 is 15.9 Å². The van der Waals surface area contributed by atoms with Crippen LogP contribution in [0.1, 0.15) is 10.4 Å². The van der Waals surface area contributed by atoms with E-state index < -0.39 is 0 Å². The summed E-state index contributed by atoms with van der Waals surface area (Å²) in [5.74, 6) is -0.522. The molecule has 3 rings (SSSR count). The first-order valence-electron chi connectivity index (χ1n) is 6.32. The minimum absolute atomic E-state index is 0.0260. The molecule has 2 aromatic carbocycles. The molecule has 21 heavy (non-hydrogen) atoms. The van der Waals surface area contributed by atoms with E-state index in [1.807, 2.05) is 6.07 Å². The number of para-hydroxylation sites is 2. The van der Waals surface area contributed by atoms with E-state index in [0.717, 1.165) is 4.47 Å². The van der Waals surface area contributed by atoms with Gasteiger partial charge in [-0.25, -0.2) is 0 Å². The van der Waals surface area contributed by atoms with Crippen LogP contribution in [0.5, 0.6) is 0 Å². The number of rotatable bonds is 1. The quantitative estimate of drug-likeness (QED) is 0.780. The van der Waals surface area contributed by atoms with Gasteiger partial charge in [0.15, 0.2) is 0 Å². The smallest absolute Gasteiger partial charge is 0.260 e. The maximum atomic E-state index is 12.7. The summed E-state index contributed by atoms with van der Waals surface area (Å²) in [6, 6.07) is 12.3. The number of fused-ring (bicyclic) bond motifs is 1. The Morgan fingerprint density at radius 2 is 2.00 bits per heavy atom. The maximum absolute atomic E-state index is 12.7. The summed E-state index contributed by atoms with van der Waals surface area (Å²) < 4.78 is 0.759. The van der Waals surface area contributed by atoms with Crippen LogP contribution in [0.25, 0.3) is 0 Å². The Morgan fingerprint density at radius 1 is 1.24 bits per heavy atom. The standard InChI is InChI=1S/C15H12BrN3O2/c16-9-5-6-11(17)10(7-9)15(21)19-8-14(20)18-12-3-1-2-4-13(12)19/h1-7H,8,17H2,(H,18,20). The molecule has 0 aliphatic carbocycles. The number of nitrogens with two attached hydrogens (primary N) is 1. The Balaban J connectivity index is 2.06. The number of nitrogens with one attached hydrogen (secondary N) is 1. The Labute approximate surface area is 129 Å². The van der Waals surface area contributed by atoms with Gasteiger partial charge in [0.05, 0.1) is 16.9 Å². The zero-order valence-electron chi connectivity index (χ0n) is 11.0. The van der Waals surface area contributed by atoms with E-state index in [1.54, 1.807) is 36.4 Å². The van der Waals surface area contributed by atoms with E-state index in [-0.39, 0.29) is 18.4 Å². The van der Waals surface area contributed by atoms with Crippen LogP contribution < -0.4 is 16.0 Å². The fourth-order valence-corrected chi connectivity index (χ4v) is 2.63. The first-order valence-corrected chi connectivity index (χ1v) is 7.11. The van der Waals surface area contributed by atoms with Crippen LogP contribution in [0.3, 0.4) is 0 Å². The molecule has 2 aromatic rings. The summed E-state index contributed by atoms with van der Waals surface area (Å²) >= 11 is 3.33. The molecule has 0 bridgehead atoms. The summed E-state index contributed by atoms with van der Waals surface area (Å²) in [5.41, 5.74) is 7.92. The molecule has 6 heteroatoms. The first-order chi connectivity index (χ1) is 10.1. The molecule has 0 fully saturated rings. The second kappa shape index (κ2) is 5.21. The van der Waals surface area contributed by atoms with Gasteiger partial charge in [-0.2, -0.15) is 0 Å². The summed E-state index contributed by atoms with van der Waals surface area (Å²) in [7, 11) is 0. The molecular formula is C15H12BrN3O2.